The second-order valence-electron chi connectivity index (χ2n) is 3.53. The third kappa shape index (κ3) is 3.06. The first kappa shape index (κ1) is 12.5. The Morgan fingerprint density at radius 1 is 1.47 bits per heavy atom. The van der Waals surface area contributed by atoms with Gasteiger partial charge in [0.1, 0.15) is 0 Å². The second-order valence-corrected chi connectivity index (χ2v) is 4.86. The maximum Gasteiger partial charge on any atom is 0.172 e. The van der Waals surface area contributed by atoms with Crippen LogP contribution in [0.2, 0.25) is 5.02 Å². The molecule has 1 N–H and O–H groups in total. The zero-order valence-corrected chi connectivity index (χ0v) is 11.7. The average molecular weight is 316 g/mol. The summed E-state index contributed by atoms with van der Waals surface area (Å²) in [5.41, 5.74) is 1.06. The van der Waals surface area contributed by atoms with Crippen molar-refractivity contribution in [2.24, 2.45) is 0 Å². The highest BCUT2D eigenvalue weighted by Gasteiger charge is 2.07. The number of pyridine rings is 1. The van der Waals surface area contributed by atoms with E-state index in [-0.39, 0.29) is 0 Å². The minimum absolute atomic E-state index is 0.594. The molecule has 0 spiro atoms. The summed E-state index contributed by atoms with van der Waals surface area (Å²) in [5.74, 6) is 0.637. The van der Waals surface area contributed by atoms with Crippen molar-refractivity contribution in [2.45, 2.75) is 13.5 Å². The Bertz CT molecular complexity index is 512. The van der Waals surface area contributed by atoms with Crippen molar-refractivity contribution in [3.8, 4) is 5.82 Å². The van der Waals surface area contributed by atoms with E-state index in [9.17, 15) is 0 Å². The molecule has 90 valence electrons. The predicted molar refractivity (Wildman–Crippen MR) is 71.4 cm³/mol. The van der Waals surface area contributed by atoms with Gasteiger partial charge in [-0.15, -0.1) is 0 Å². The molecule has 0 radical (unpaired) electrons. The molecule has 4 nitrogen and oxygen atoms in total. The molecule has 0 amide bonds. The zero-order chi connectivity index (χ0) is 12.3. The quantitative estimate of drug-likeness (QED) is 0.943. The number of nitrogens with zero attached hydrogens (tertiary/aromatic N) is 3. The monoisotopic (exact) mass is 314 g/mol. The van der Waals surface area contributed by atoms with Gasteiger partial charge in [0.25, 0.3) is 0 Å². The lowest BCUT2D eigenvalue weighted by Gasteiger charge is -2.06. The van der Waals surface area contributed by atoms with Crippen molar-refractivity contribution in [1.29, 1.82) is 0 Å². The Morgan fingerprint density at radius 2 is 2.29 bits per heavy atom. The number of hydrogen-bond donors (Lipinski definition) is 1. The predicted octanol–water partition coefficient (Wildman–Crippen LogP) is 2.79. The van der Waals surface area contributed by atoms with Crippen LogP contribution < -0.4 is 5.32 Å². The molecular formula is C11H12BrClN4. The Balaban J connectivity index is 2.25. The van der Waals surface area contributed by atoms with E-state index in [1.54, 1.807) is 17.1 Å². The van der Waals surface area contributed by atoms with E-state index in [4.69, 9.17) is 11.6 Å². The summed E-state index contributed by atoms with van der Waals surface area (Å²) in [6.07, 6.45) is 5.32. The van der Waals surface area contributed by atoms with Gasteiger partial charge in [0, 0.05) is 18.9 Å². The summed E-state index contributed by atoms with van der Waals surface area (Å²) in [6, 6.07) is 1.90. The Labute approximate surface area is 113 Å². The molecule has 0 saturated carbocycles. The summed E-state index contributed by atoms with van der Waals surface area (Å²) >= 11 is 9.52. The fourth-order valence-corrected chi connectivity index (χ4v) is 1.98. The van der Waals surface area contributed by atoms with Crippen molar-refractivity contribution in [2.75, 3.05) is 6.54 Å². The van der Waals surface area contributed by atoms with Gasteiger partial charge in [-0.05, 0) is 34.1 Å². The summed E-state index contributed by atoms with van der Waals surface area (Å²) in [7, 11) is 0. The van der Waals surface area contributed by atoms with E-state index in [1.165, 1.54) is 0 Å². The summed E-state index contributed by atoms with van der Waals surface area (Å²) in [4.78, 5) is 4.32. The van der Waals surface area contributed by atoms with Crippen LogP contribution in [0.5, 0.6) is 0 Å². The molecule has 2 aromatic heterocycles. The van der Waals surface area contributed by atoms with E-state index < -0.39 is 0 Å². The Hall–Kier alpha value is -0.910. The van der Waals surface area contributed by atoms with Gasteiger partial charge in [0.2, 0.25) is 0 Å². The van der Waals surface area contributed by atoms with E-state index in [0.717, 1.165) is 23.1 Å². The van der Waals surface area contributed by atoms with Crippen molar-refractivity contribution in [3.05, 3.63) is 39.7 Å². The van der Waals surface area contributed by atoms with Crippen LogP contribution in [0.3, 0.4) is 0 Å². The van der Waals surface area contributed by atoms with Crippen LogP contribution >= 0.6 is 27.5 Å². The fraction of sp³-hybridized carbons (Fsp3) is 0.273. The molecule has 0 aliphatic rings. The second kappa shape index (κ2) is 5.62. The van der Waals surface area contributed by atoms with Gasteiger partial charge in [-0.2, -0.15) is 5.10 Å². The summed E-state index contributed by atoms with van der Waals surface area (Å²) < 4.78 is 2.54. The van der Waals surface area contributed by atoms with Crippen LogP contribution in [0.4, 0.5) is 0 Å². The minimum atomic E-state index is 0.594. The maximum absolute atomic E-state index is 6.19. The lowest BCUT2D eigenvalue weighted by Crippen LogP contribution is -2.12. The topological polar surface area (TPSA) is 42.7 Å². The largest absolute Gasteiger partial charge is 0.313 e. The Morgan fingerprint density at radius 3 is 2.88 bits per heavy atom. The van der Waals surface area contributed by atoms with Crippen LogP contribution in [0.15, 0.2) is 29.1 Å². The van der Waals surface area contributed by atoms with Crippen molar-refractivity contribution >= 4 is 27.5 Å². The highest BCUT2D eigenvalue weighted by atomic mass is 79.9. The van der Waals surface area contributed by atoms with Crippen molar-refractivity contribution in [3.63, 3.8) is 0 Å². The highest BCUT2D eigenvalue weighted by Crippen LogP contribution is 2.20. The molecule has 17 heavy (non-hydrogen) atoms. The molecule has 0 unspecified atom stereocenters. The van der Waals surface area contributed by atoms with Crippen LogP contribution in [-0.4, -0.2) is 21.3 Å². The third-order valence-electron chi connectivity index (χ3n) is 2.23. The van der Waals surface area contributed by atoms with E-state index in [1.807, 2.05) is 12.3 Å². The van der Waals surface area contributed by atoms with Crippen LogP contribution in [-0.2, 0) is 6.54 Å². The van der Waals surface area contributed by atoms with Crippen molar-refractivity contribution < 1.29 is 0 Å². The molecule has 0 aliphatic heterocycles. The average Bonchev–Trinajstić information content (AvgIpc) is 2.73. The first-order chi connectivity index (χ1) is 8.20. The van der Waals surface area contributed by atoms with Gasteiger partial charge in [0.15, 0.2) is 5.82 Å². The van der Waals surface area contributed by atoms with Crippen molar-refractivity contribution in [1.82, 2.24) is 20.1 Å². The number of halogens is 2. The third-order valence-corrected chi connectivity index (χ3v) is 2.91. The molecule has 0 saturated heterocycles. The number of aromatic nitrogens is 3. The van der Waals surface area contributed by atoms with E-state index in [0.29, 0.717) is 10.8 Å². The Kier molecular flexibility index (Phi) is 4.15. The molecule has 0 fully saturated rings. The number of nitrogens with one attached hydrogen (secondary N) is 1. The molecule has 2 rings (SSSR count). The molecule has 6 heteroatoms. The van der Waals surface area contributed by atoms with Gasteiger partial charge in [-0.3, -0.25) is 0 Å². The molecule has 0 bridgehead atoms. The lowest BCUT2D eigenvalue weighted by atomic mass is 10.3. The van der Waals surface area contributed by atoms with Gasteiger partial charge in [-0.1, -0.05) is 18.5 Å². The van der Waals surface area contributed by atoms with Crippen LogP contribution in [0, 0.1) is 0 Å². The smallest absolute Gasteiger partial charge is 0.172 e. The van der Waals surface area contributed by atoms with E-state index >= 15 is 0 Å². The van der Waals surface area contributed by atoms with Gasteiger partial charge in [-0.25, -0.2) is 9.67 Å². The first-order valence-corrected chi connectivity index (χ1v) is 6.43. The molecule has 0 aliphatic carbocycles. The number of rotatable bonds is 4. The highest BCUT2D eigenvalue weighted by molar-refractivity contribution is 9.10. The van der Waals surface area contributed by atoms with Crippen LogP contribution in [0.1, 0.15) is 12.5 Å². The van der Waals surface area contributed by atoms with E-state index in [2.05, 4.69) is 38.3 Å². The van der Waals surface area contributed by atoms with Gasteiger partial charge >= 0.3 is 0 Å². The van der Waals surface area contributed by atoms with Gasteiger partial charge in [0.05, 0.1) is 15.7 Å². The normalized spacial score (nSPS) is 10.8. The van der Waals surface area contributed by atoms with Gasteiger partial charge < -0.3 is 5.32 Å². The minimum Gasteiger partial charge on any atom is -0.313 e. The molecule has 2 heterocycles. The fourth-order valence-electron chi connectivity index (χ4n) is 1.42. The summed E-state index contributed by atoms with van der Waals surface area (Å²) in [5, 5.41) is 7.97. The molecule has 0 atom stereocenters. The molecular weight excluding hydrogens is 304 g/mol. The molecule has 0 aromatic carbocycles. The summed E-state index contributed by atoms with van der Waals surface area (Å²) in [6.45, 7) is 3.75. The zero-order valence-electron chi connectivity index (χ0n) is 9.32. The SMILES string of the molecule is CCNCc1cnc(-n2cc(Br)cn2)c(Cl)c1. The number of hydrogen-bond acceptors (Lipinski definition) is 3. The standard InChI is InChI=1S/C11H12BrClN4/c1-2-14-4-8-3-10(13)11(15-5-8)17-7-9(12)6-16-17/h3,5-7,14H,2,4H2,1H3. The lowest BCUT2D eigenvalue weighted by molar-refractivity contribution is 0.722. The maximum atomic E-state index is 6.19. The first-order valence-electron chi connectivity index (χ1n) is 5.26. The molecule has 2 aromatic rings. The van der Waals surface area contributed by atoms with Crippen LogP contribution in [0.25, 0.3) is 5.82 Å².